The van der Waals surface area contributed by atoms with Gasteiger partial charge in [0.25, 0.3) is 0 Å². The molecule has 0 radical (unpaired) electrons. The molecule has 21 heavy (non-hydrogen) atoms. The van der Waals surface area contributed by atoms with Crippen molar-refractivity contribution in [1.82, 2.24) is 15.1 Å². The molecule has 0 amide bonds. The first kappa shape index (κ1) is 18.5. The Labute approximate surface area is 135 Å². The molecular weight excluding hydrogens is 282 g/mol. The highest BCUT2D eigenvalue weighted by atomic mass is 35.5. The lowest BCUT2D eigenvalue weighted by atomic mass is 10.0. The third-order valence-corrected chi connectivity index (χ3v) is 4.31. The summed E-state index contributed by atoms with van der Waals surface area (Å²) in [7, 11) is 0. The van der Waals surface area contributed by atoms with Gasteiger partial charge in [0.05, 0.1) is 16.4 Å². The number of hydrogen-bond donors (Lipinski definition) is 1. The Morgan fingerprint density at radius 1 is 1.14 bits per heavy atom. The second-order valence-corrected chi connectivity index (χ2v) is 6.53. The second-order valence-electron chi connectivity index (χ2n) is 6.15. The van der Waals surface area contributed by atoms with Crippen LogP contribution in [0.25, 0.3) is 0 Å². The van der Waals surface area contributed by atoms with Gasteiger partial charge in [-0.3, -0.25) is 4.68 Å². The number of aryl methyl sites for hydroxylation is 2. The van der Waals surface area contributed by atoms with Gasteiger partial charge in [0.15, 0.2) is 0 Å². The molecule has 0 atom stereocenters. The van der Waals surface area contributed by atoms with Crippen LogP contribution in [0, 0.1) is 5.92 Å². The number of unbranched alkanes of at least 4 members (excludes halogenated alkanes) is 3. The van der Waals surface area contributed by atoms with Crippen molar-refractivity contribution < 1.29 is 0 Å². The molecule has 1 rings (SSSR count). The molecule has 0 unspecified atom stereocenters. The maximum atomic E-state index is 6.40. The zero-order valence-corrected chi connectivity index (χ0v) is 15.0. The molecule has 4 heteroatoms. The van der Waals surface area contributed by atoms with Gasteiger partial charge in [0.1, 0.15) is 0 Å². The van der Waals surface area contributed by atoms with Gasteiger partial charge in [-0.15, -0.1) is 0 Å². The van der Waals surface area contributed by atoms with Crippen LogP contribution in [-0.2, 0) is 19.5 Å². The summed E-state index contributed by atoms with van der Waals surface area (Å²) in [6, 6.07) is 0. The highest BCUT2D eigenvalue weighted by Crippen LogP contribution is 2.21. The van der Waals surface area contributed by atoms with Crippen LogP contribution in [0.15, 0.2) is 0 Å². The fourth-order valence-corrected chi connectivity index (χ4v) is 2.88. The van der Waals surface area contributed by atoms with Crippen molar-refractivity contribution in [1.29, 1.82) is 0 Å². The molecular formula is C17H32ClN3. The monoisotopic (exact) mass is 313 g/mol. The first-order valence-electron chi connectivity index (χ1n) is 8.54. The first-order chi connectivity index (χ1) is 10.1. The molecule has 0 aliphatic heterocycles. The first-order valence-corrected chi connectivity index (χ1v) is 8.92. The third-order valence-electron chi connectivity index (χ3n) is 3.87. The van der Waals surface area contributed by atoms with Crippen molar-refractivity contribution in [3.05, 3.63) is 16.4 Å². The van der Waals surface area contributed by atoms with E-state index in [9.17, 15) is 0 Å². The van der Waals surface area contributed by atoms with E-state index >= 15 is 0 Å². The van der Waals surface area contributed by atoms with Crippen LogP contribution in [0.3, 0.4) is 0 Å². The van der Waals surface area contributed by atoms with E-state index in [1.54, 1.807) is 0 Å². The fourth-order valence-electron chi connectivity index (χ4n) is 2.55. The van der Waals surface area contributed by atoms with Crippen LogP contribution in [-0.4, -0.2) is 16.3 Å². The average molecular weight is 314 g/mol. The number of hydrogen-bond acceptors (Lipinski definition) is 2. The van der Waals surface area contributed by atoms with Crippen LogP contribution in [0.2, 0.25) is 5.02 Å². The molecule has 1 N–H and O–H groups in total. The average Bonchev–Trinajstić information content (AvgIpc) is 2.77. The summed E-state index contributed by atoms with van der Waals surface area (Å²) in [6.07, 6.45) is 7.55. The normalized spacial score (nSPS) is 11.5. The smallest absolute Gasteiger partial charge is 0.0863 e. The molecule has 1 aromatic rings. The van der Waals surface area contributed by atoms with E-state index < -0.39 is 0 Å². The third kappa shape index (κ3) is 6.39. The lowest BCUT2D eigenvalue weighted by Gasteiger charge is -2.08. The van der Waals surface area contributed by atoms with Crippen LogP contribution < -0.4 is 5.32 Å². The molecule has 0 saturated carbocycles. The Balaban J connectivity index is 2.22. The Bertz CT molecular complexity index is 399. The number of nitrogens with one attached hydrogen (secondary N) is 1. The Kier molecular flexibility index (Phi) is 9.02. The molecule has 0 aromatic carbocycles. The summed E-state index contributed by atoms with van der Waals surface area (Å²) >= 11 is 6.40. The fraction of sp³-hybridized carbons (Fsp3) is 0.824. The molecule has 3 nitrogen and oxygen atoms in total. The van der Waals surface area contributed by atoms with Gasteiger partial charge in [-0.1, -0.05) is 58.1 Å². The van der Waals surface area contributed by atoms with E-state index in [0.717, 1.165) is 48.4 Å². The minimum absolute atomic E-state index is 0.825. The SMILES string of the molecule is CCc1nn(CC)c(CNCCCCCCC(C)C)c1Cl. The summed E-state index contributed by atoms with van der Waals surface area (Å²) in [6.45, 7) is 11.6. The van der Waals surface area contributed by atoms with Gasteiger partial charge >= 0.3 is 0 Å². The van der Waals surface area contributed by atoms with Crippen molar-refractivity contribution in [3.8, 4) is 0 Å². The molecule has 0 aliphatic carbocycles. The van der Waals surface area contributed by atoms with Crippen molar-refractivity contribution in [3.63, 3.8) is 0 Å². The Morgan fingerprint density at radius 2 is 1.86 bits per heavy atom. The lowest BCUT2D eigenvalue weighted by Crippen LogP contribution is -2.18. The van der Waals surface area contributed by atoms with Crippen molar-refractivity contribution in [2.75, 3.05) is 6.54 Å². The van der Waals surface area contributed by atoms with Gasteiger partial charge < -0.3 is 5.32 Å². The predicted octanol–water partition coefficient (Wildman–Crippen LogP) is 4.81. The van der Waals surface area contributed by atoms with Crippen LogP contribution >= 0.6 is 11.6 Å². The Morgan fingerprint density at radius 3 is 2.48 bits per heavy atom. The Hall–Kier alpha value is -0.540. The van der Waals surface area contributed by atoms with Gasteiger partial charge in [0, 0.05) is 13.1 Å². The number of halogens is 1. The minimum atomic E-state index is 0.825. The molecule has 0 aliphatic rings. The van der Waals surface area contributed by atoms with Crippen molar-refractivity contribution in [2.24, 2.45) is 5.92 Å². The number of aromatic nitrogens is 2. The van der Waals surface area contributed by atoms with Crippen molar-refractivity contribution >= 4 is 11.6 Å². The van der Waals surface area contributed by atoms with E-state index in [0.29, 0.717) is 0 Å². The molecule has 1 heterocycles. The maximum absolute atomic E-state index is 6.40. The highest BCUT2D eigenvalue weighted by molar-refractivity contribution is 6.31. The molecule has 122 valence electrons. The van der Waals surface area contributed by atoms with Gasteiger partial charge in [-0.25, -0.2) is 0 Å². The molecule has 0 saturated heterocycles. The van der Waals surface area contributed by atoms with E-state index in [4.69, 9.17) is 11.6 Å². The number of nitrogens with zero attached hydrogens (tertiary/aromatic N) is 2. The summed E-state index contributed by atoms with van der Waals surface area (Å²) in [4.78, 5) is 0. The summed E-state index contributed by atoms with van der Waals surface area (Å²) in [5.74, 6) is 0.840. The highest BCUT2D eigenvalue weighted by Gasteiger charge is 2.13. The quantitative estimate of drug-likeness (QED) is 0.594. The lowest BCUT2D eigenvalue weighted by molar-refractivity contribution is 0.508. The van der Waals surface area contributed by atoms with Crippen LogP contribution in [0.4, 0.5) is 0 Å². The largest absolute Gasteiger partial charge is 0.311 e. The summed E-state index contributed by atoms with van der Waals surface area (Å²) < 4.78 is 2.02. The maximum Gasteiger partial charge on any atom is 0.0863 e. The standard InChI is InChI=1S/C17H32ClN3/c1-5-15-17(18)16(21(6-2)20-15)13-19-12-10-8-7-9-11-14(3)4/h14,19H,5-13H2,1-4H3. The molecule has 0 fully saturated rings. The van der Waals surface area contributed by atoms with Gasteiger partial charge in [0.2, 0.25) is 0 Å². The molecule has 1 aromatic heterocycles. The second kappa shape index (κ2) is 10.2. The van der Waals surface area contributed by atoms with Crippen molar-refractivity contribution in [2.45, 2.75) is 79.3 Å². The predicted molar refractivity (Wildman–Crippen MR) is 91.9 cm³/mol. The van der Waals surface area contributed by atoms with E-state index in [1.807, 2.05) is 4.68 Å². The van der Waals surface area contributed by atoms with Gasteiger partial charge in [-0.05, 0) is 32.2 Å². The van der Waals surface area contributed by atoms with E-state index in [1.165, 1.54) is 32.1 Å². The minimum Gasteiger partial charge on any atom is -0.311 e. The zero-order valence-electron chi connectivity index (χ0n) is 14.2. The summed E-state index contributed by atoms with van der Waals surface area (Å²) in [5, 5.41) is 8.91. The van der Waals surface area contributed by atoms with Crippen LogP contribution in [0.1, 0.15) is 71.2 Å². The summed E-state index contributed by atoms with van der Waals surface area (Å²) in [5.41, 5.74) is 2.15. The topological polar surface area (TPSA) is 29.9 Å². The van der Waals surface area contributed by atoms with E-state index in [2.05, 4.69) is 38.1 Å². The molecule has 0 spiro atoms. The zero-order chi connectivity index (χ0) is 15.7. The molecule has 0 bridgehead atoms. The number of rotatable bonds is 11. The van der Waals surface area contributed by atoms with Crippen LogP contribution in [0.5, 0.6) is 0 Å². The van der Waals surface area contributed by atoms with E-state index in [-0.39, 0.29) is 0 Å². The van der Waals surface area contributed by atoms with Gasteiger partial charge in [-0.2, -0.15) is 5.10 Å².